The summed E-state index contributed by atoms with van der Waals surface area (Å²) in [4.78, 5) is 4.21. The van der Waals surface area contributed by atoms with E-state index < -0.39 is 17.4 Å². The van der Waals surface area contributed by atoms with Crippen molar-refractivity contribution in [2.24, 2.45) is 5.90 Å². The van der Waals surface area contributed by atoms with Crippen LogP contribution in [0.3, 0.4) is 0 Å². The Hall–Kier alpha value is -1.40. The van der Waals surface area contributed by atoms with Gasteiger partial charge in [-0.2, -0.15) is 0 Å². The van der Waals surface area contributed by atoms with Gasteiger partial charge in [0.2, 0.25) is 0 Å². The predicted octanol–water partition coefficient (Wildman–Crippen LogP) is 1.11. The zero-order valence-corrected chi connectivity index (χ0v) is 8.09. The molecule has 0 fully saturated rings. The van der Waals surface area contributed by atoms with Crippen LogP contribution in [-0.4, -0.2) is 18.8 Å². The third-order valence-corrected chi connectivity index (χ3v) is 1.93. The number of rotatable bonds is 4. The van der Waals surface area contributed by atoms with Crippen LogP contribution in [0.4, 0.5) is 8.78 Å². The lowest BCUT2D eigenvalue weighted by Gasteiger charge is -2.09. The fourth-order valence-corrected chi connectivity index (χ4v) is 1.18. The number of phenols is 1. The molecule has 0 aliphatic carbocycles. The summed E-state index contributed by atoms with van der Waals surface area (Å²) < 4.78 is 31.4. The van der Waals surface area contributed by atoms with Crippen molar-refractivity contribution in [1.82, 2.24) is 0 Å². The SMILES string of the molecule is COc1cc(O)c(F)c(CCON)c1F. The molecule has 0 aliphatic rings. The number of halogens is 2. The van der Waals surface area contributed by atoms with Gasteiger partial charge in [0.05, 0.1) is 13.7 Å². The number of methoxy groups -OCH3 is 1. The van der Waals surface area contributed by atoms with Crippen LogP contribution in [0.5, 0.6) is 11.5 Å². The first-order valence-corrected chi connectivity index (χ1v) is 4.17. The number of phenolic OH excluding ortho intramolecular Hbond substituents is 1. The van der Waals surface area contributed by atoms with E-state index in [-0.39, 0.29) is 24.3 Å². The normalized spacial score (nSPS) is 10.4. The third-order valence-electron chi connectivity index (χ3n) is 1.93. The van der Waals surface area contributed by atoms with Gasteiger partial charge in [0.25, 0.3) is 0 Å². The molecule has 0 atom stereocenters. The van der Waals surface area contributed by atoms with E-state index in [0.29, 0.717) is 0 Å². The highest BCUT2D eigenvalue weighted by molar-refractivity contribution is 5.41. The lowest BCUT2D eigenvalue weighted by atomic mass is 10.1. The van der Waals surface area contributed by atoms with Crippen molar-refractivity contribution in [3.63, 3.8) is 0 Å². The van der Waals surface area contributed by atoms with Crippen LogP contribution in [0.25, 0.3) is 0 Å². The lowest BCUT2D eigenvalue weighted by Crippen LogP contribution is -2.07. The Balaban J connectivity index is 3.15. The van der Waals surface area contributed by atoms with Gasteiger partial charge in [-0.25, -0.2) is 14.7 Å². The molecule has 0 spiro atoms. The molecule has 15 heavy (non-hydrogen) atoms. The van der Waals surface area contributed by atoms with Gasteiger partial charge < -0.3 is 14.7 Å². The molecule has 0 aliphatic heterocycles. The van der Waals surface area contributed by atoms with Gasteiger partial charge in [-0.3, -0.25) is 0 Å². The molecule has 3 N–H and O–H groups in total. The topological polar surface area (TPSA) is 64.7 Å². The molecule has 4 nitrogen and oxygen atoms in total. The number of hydrogen-bond donors (Lipinski definition) is 2. The van der Waals surface area contributed by atoms with E-state index in [0.717, 1.165) is 6.07 Å². The van der Waals surface area contributed by atoms with Crippen molar-refractivity contribution in [2.75, 3.05) is 13.7 Å². The van der Waals surface area contributed by atoms with Crippen molar-refractivity contribution < 1.29 is 23.5 Å². The zero-order valence-electron chi connectivity index (χ0n) is 8.09. The van der Waals surface area contributed by atoms with Gasteiger partial charge >= 0.3 is 0 Å². The highest BCUT2D eigenvalue weighted by Gasteiger charge is 2.18. The minimum absolute atomic E-state index is 0.0551. The summed E-state index contributed by atoms with van der Waals surface area (Å²) in [6.45, 7) is -0.0551. The van der Waals surface area contributed by atoms with Crippen molar-refractivity contribution in [3.05, 3.63) is 23.3 Å². The Morgan fingerprint density at radius 1 is 1.40 bits per heavy atom. The van der Waals surface area contributed by atoms with Gasteiger partial charge in [-0.15, -0.1) is 0 Å². The second-order valence-corrected chi connectivity index (χ2v) is 2.83. The molecule has 0 saturated carbocycles. The molecular weight excluding hydrogens is 208 g/mol. The van der Waals surface area contributed by atoms with Crippen LogP contribution in [0, 0.1) is 11.6 Å². The molecule has 84 valence electrons. The average molecular weight is 219 g/mol. The summed E-state index contributed by atoms with van der Waals surface area (Å²) >= 11 is 0. The lowest BCUT2D eigenvalue weighted by molar-refractivity contribution is 0.139. The number of aromatic hydroxyl groups is 1. The smallest absolute Gasteiger partial charge is 0.171 e. The monoisotopic (exact) mass is 219 g/mol. The Labute approximate surface area is 85.2 Å². The van der Waals surface area contributed by atoms with Crippen molar-refractivity contribution in [2.45, 2.75) is 6.42 Å². The summed E-state index contributed by atoms with van der Waals surface area (Å²) in [5.41, 5.74) is -0.308. The van der Waals surface area contributed by atoms with E-state index >= 15 is 0 Å². The molecule has 0 amide bonds. The quantitative estimate of drug-likeness (QED) is 0.744. The number of hydrogen-bond acceptors (Lipinski definition) is 4. The molecule has 0 unspecified atom stereocenters. The highest BCUT2D eigenvalue weighted by atomic mass is 19.1. The Kier molecular flexibility index (Phi) is 3.81. The molecule has 1 aromatic rings. The summed E-state index contributed by atoms with van der Waals surface area (Å²) in [6.07, 6.45) is -0.0844. The molecular formula is C9H11F2NO3. The number of nitrogens with two attached hydrogens (primary N) is 1. The van der Waals surface area contributed by atoms with Gasteiger partial charge in [-0.1, -0.05) is 0 Å². The van der Waals surface area contributed by atoms with Crippen LogP contribution in [0.1, 0.15) is 5.56 Å². The fraction of sp³-hybridized carbons (Fsp3) is 0.333. The maximum atomic E-state index is 13.5. The second kappa shape index (κ2) is 4.90. The summed E-state index contributed by atoms with van der Waals surface area (Å²) in [7, 11) is 1.22. The Morgan fingerprint density at radius 3 is 2.60 bits per heavy atom. The van der Waals surface area contributed by atoms with E-state index in [9.17, 15) is 8.78 Å². The third kappa shape index (κ3) is 2.34. The molecule has 1 rings (SSSR count). The Morgan fingerprint density at radius 2 is 2.07 bits per heavy atom. The Bertz CT molecular complexity index is 358. The molecule has 1 aromatic carbocycles. The molecule has 0 heterocycles. The van der Waals surface area contributed by atoms with Gasteiger partial charge in [0.15, 0.2) is 23.1 Å². The van der Waals surface area contributed by atoms with Crippen LogP contribution >= 0.6 is 0 Å². The summed E-state index contributed by atoms with van der Waals surface area (Å²) in [5.74, 6) is 1.98. The van der Waals surface area contributed by atoms with E-state index in [4.69, 9.17) is 11.0 Å². The molecule has 0 saturated heterocycles. The van der Waals surface area contributed by atoms with Crippen LogP contribution < -0.4 is 10.6 Å². The van der Waals surface area contributed by atoms with E-state index in [1.165, 1.54) is 7.11 Å². The first kappa shape index (κ1) is 11.7. The standard InChI is InChI=1S/C9H11F2NO3/c1-14-7-4-6(13)8(10)5(9(7)11)2-3-15-12/h4,13H,2-3,12H2,1H3. The molecule has 0 radical (unpaired) electrons. The van der Waals surface area contributed by atoms with E-state index in [2.05, 4.69) is 9.57 Å². The maximum Gasteiger partial charge on any atom is 0.171 e. The first-order chi connectivity index (χ1) is 7.11. The van der Waals surface area contributed by atoms with Crippen LogP contribution in [0.15, 0.2) is 6.07 Å². The molecule has 0 bridgehead atoms. The zero-order chi connectivity index (χ0) is 11.4. The molecule has 0 aromatic heterocycles. The maximum absolute atomic E-state index is 13.5. The van der Waals surface area contributed by atoms with Crippen LogP contribution in [0.2, 0.25) is 0 Å². The number of ether oxygens (including phenoxy) is 1. The van der Waals surface area contributed by atoms with Gasteiger partial charge in [0.1, 0.15) is 0 Å². The average Bonchev–Trinajstić information content (AvgIpc) is 2.23. The first-order valence-electron chi connectivity index (χ1n) is 4.17. The molecule has 6 heteroatoms. The predicted molar refractivity (Wildman–Crippen MR) is 48.4 cm³/mol. The van der Waals surface area contributed by atoms with Crippen molar-refractivity contribution in [3.8, 4) is 11.5 Å². The fourth-order valence-electron chi connectivity index (χ4n) is 1.18. The minimum Gasteiger partial charge on any atom is -0.505 e. The van der Waals surface area contributed by atoms with E-state index in [1.54, 1.807) is 0 Å². The number of benzene rings is 1. The highest BCUT2D eigenvalue weighted by Crippen LogP contribution is 2.30. The summed E-state index contributed by atoms with van der Waals surface area (Å²) in [6, 6.07) is 0.872. The van der Waals surface area contributed by atoms with Gasteiger partial charge in [0, 0.05) is 18.1 Å². The van der Waals surface area contributed by atoms with Crippen molar-refractivity contribution in [1.29, 1.82) is 0 Å². The summed E-state index contributed by atoms with van der Waals surface area (Å²) in [5, 5.41) is 9.14. The minimum atomic E-state index is -1.02. The van der Waals surface area contributed by atoms with Crippen molar-refractivity contribution >= 4 is 0 Å². The van der Waals surface area contributed by atoms with Crippen LogP contribution in [-0.2, 0) is 11.3 Å². The second-order valence-electron chi connectivity index (χ2n) is 2.83. The largest absolute Gasteiger partial charge is 0.505 e. The van der Waals surface area contributed by atoms with Gasteiger partial charge in [-0.05, 0) is 0 Å². The van der Waals surface area contributed by atoms with E-state index in [1.807, 2.05) is 0 Å².